The fourth-order valence-corrected chi connectivity index (χ4v) is 6.60. The van der Waals surface area contributed by atoms with Gasteiger partial charge in [0.05, 0.1) is 30.6 Å². The summed E-state index contributed by atoms with van der Waals surface area (Å²) in [6, 6.07) is 15.9. The first kappa shape index (κ1) is 33.1. The number of aryl methyl sites for hydroxylation is 1. The van der Waals surface area contributed by atoms with Crippen LogP contribution in [0.25, 0.3) is 5.69 Å². The Morgan fingerprint density at radius 2 is 1.82 bits per heavy atom. The summed E-state index contributed by atoms with van der Waals surface area (Å²) in [6.07, 6.45) is -2.06. The summed E-state index contributed by atoms with van der Waals surface area (Å²) in [7, 11) is 0. The maximum atomic E-state index is 14.4. The van der Waals surface area contributed by atoms with Gasteiger partial charge in [0, 0.05) is 48.6 Å². The van der Waals surface area contributed by atoms with Crippen LogP contribution in [0.3, 0.4) is 0 Å². The first-order valence-electron chi connectivity index (χ1n) is 16.1. The van der Waals surface area contributed by atoms with Crippen molar-refractivity contribution in [1.29, 1.82) is 0 Å². The van der Waals surface area contributed by atoms with Crippen molar-refractivity contribution in [2.24, 2.45) is 0 Å². The lowest BCUT2D eigenvalue weighted by Gasteiger charge is -2.38. The lowest BCUT2D eigenvalue weighted by Crippen LogP contribution is -2.55. The van der Waals surface area contributed by atoms with E-state index in [2.05, 4.69) is 25.5 Å². The third kappa shape index (κ3) is 6.13. The molecule has 50 heavy (non-hydrogen) atoms. The van der Waals surface area contributed by atoms with Gasteiger partial charge in [-0.25, -0.2) is 14.6 Å². The fraction of sp³-hybridized carbons (Fsp3) is 0.314. The Morgan fingerprint density at radius 1 is 1.04 bits per heavy atom. The van der Waals surface area contributed by atoms with Gasteiger partial charge in [0.2, 0.25) is 5.82 Å². The molecule has 3 aliphatic rings. The molecule has 5 heterocycles. The molecule has 0 radical (unpaired) electrons. The highest BCUT2D eigenvalue weighted by Crippen LogP contribution is 2.44. The second kappa shape index (κ2) is 13.1. The molecule has 0 bridgehead atoms. The molecule has 7 rings (SSSR count). The number of alkyl halides is 3. The molecule has 12 nitrogen and oxygen atoms in total. The van der Waals surface area contributed by atoms with Crippen molar-refractivity contribution in [2.45, 2.75) is 38.0 Å². The Balaban J connectivity index is 1.27. The van der Waals surface area contributed by atoms with Gasteiger partial charge in [-0.1, -0.05) is 36.4 Å². The lowest BCUT2D eigenvalue weighted by atomic mass is 9.81. The molecule has 0 spiro atoms. The average Bonchev–Trinajstić information content (AvgIpc) is 3.69. The topological polar surface area (TPSA) is 135 Å². The highest BCUT2D eigenvalue weighted by Gasteiger charge is 2.46. The van der Waals surface area contributed by atoms with Crippen LogP contribution in [0.2, 0.25) is 0 Å². The molecule has 0 aliphatic carbocycles. The summed E-state index contributed by atoms with van der Waals surface area (Å²) < 4.78 is 47.3. The number of hydrogen-bond donors (Lipinski definition) is 2. The van der Waals surface area contributed by atoms with Gasteiger partial charge in [-0.05, 0) is 49.7 Å². The van der Waals surface area contributed by atoms with Crippen molar-refractivity contribution in [3.63, 3.8) is 0 Å². The number of hydrogen-bond acceptors (Lipinski definition) is 8. The Bertz CT molecular complexity index is 1990. The van der Waals surface area contributed by atoms with E-state index < -0.39 is 41.5 Å². The predicted molar refractivity (Wildman–Crippen MR) is 176 cm³/mol. The van der Waals surface area contributed by atoms with Crippen LogP contribution in [-0.4, -0.2) is 87.3 Å². The molecule has 4 aromatic rings. The molecule has 2 aromatic carbocycles. The number of fused-ring (bicyclic) bond motifs is 1. The standard InChI is InChI=1S/C35H33F3N8O4/c1-3-45-33-27(20(2)43-46(33)24-10-5-4-6-11-24)28(29(34(45)49)42-32(48)30-39-14-12-26(41-30)35(36,37)38)21-8-7-9-23(16-21)40-31(47)22-13-15-44(17-22)25-18-50-19-25/h4-14,16,25,28-29H,3,15,17-19H2,1-2H3,(H,40,47)(H,42,48)/t28-,29+/m1/s1. The summed E-state index contributed by atoms with van der Waals surface area (Å²) in [4.78, 5) is 52.1. The molecule has 3 aliphatic heterocycles. The average molecular weight is 687 g/mol. The second-order valence-electron chi connectivity index (χ2n) is 12.3. The highest BCUT2D eigenvalue weighted by molar-refractivity contribution is 6.06. The number of anilines is 2. The van der Waals surface area contributed by atoms with Gasteiger partial charge in [0.15, 0.2) is 0 Å². The van der Waals surface area contributed by atoms with Crippen molar-refractivity contribution in [1.82, 2.24) is 30.0 Å². The summed E-state index contributed by atoms with van der Waals surface area (Å²) >= 11 is 0. The molecule has 2 atom stereocenters. The van der Waals surface area contributed by atoms with Crippen LogP contribution >= 0.6 is 0 Å². The van der Waals surface area contributed by atoms with E-state index in [4.69, 9.17) is 9.84 Å². The number of benzene rings is 2. The molecular formula is C35H33F3N8O4. The normalized spacial score (nSPS) is 19.5. The molecule has 1 saturated heterocycles. The van der Waals surface area contributed by atoms with Crippen LogP contribution in [-0.2, 0) is 20.5 Å². The third-order valence-corrected chi connectivity index (χ3v) is 9.14. The van der Waals surface area contributed by atoms with Crippen LogP contribution in [0.15, 0.2) is 78.5 Å². The van der Waals surface area contributed by atoms with E-state index >= 15 is 0 Å². The van der Waals surface area contributed by atoms with Crippen LogP contribution in [0.5, 0.6) is 0 Å². The molecule has 0 saturated carbocycles. The minimum absolute atomic E-state index is 0.207. The van der Waals surface area contributed by atoms with Gasteiger partial charge in [-0.15, -0.1) is 0 Å². The largest absolute Gasteiger partial charge is 0.433 e. The molecule has 1 fully saturated rings. The van der Waals surface area contributed by atoms with E-state index in [0.717, 1.165) is 6.20 Å². The number of amides is 3. The van der Waals surface area contributed by atoms with E-state index in [9.17, 15) is 27.6 Å². The number of rotatable bonds is 8. The third-order valence-electron chi connectivity index (χ3n) is 9.14. The number of carbonyl (C=O) groups excluding carboxylic acids is 3. The smallest absolute Gasteiger partial charge is 0.378 e. The Morgan fingerprint density at radius 3 is 2.52 bits per heavy atom. The molecular weight excluding hydrogens is 653 g/mol. The highest BCUT2D eigenvalue weighted by atomic mass is 19.4. The summed E-state index contributed by atoms with van der Waals surface area (Å²) in [5, 5.41) is 10.4. The van der Waals surface area contributed by atoms with Gasteiger partial charge in [0.25, 0.3) is 17.7 Å². The van der Waals surface area contributed by atoms with Crippen LogP contribution in [0.4, 0.5) is 24.7 Å². The minimum atomic E-state index is -4.80. The van der Waals surface area contributed by atoms with Gasteiger partial charge in [-0.2, -0.15) is 18.3 Å². The molecule has 0 unspecified atom stereocenters. The van der Waals surface area contributed by atoms with E-state index in [1.165, 1.54) is 4.90 Å². The van der Waals surface area contributed by atoms with Gasteiger partial charge in [-0.3, -0.25) is 24.2 Å². The molecule has 258 valence electrons. The van der Waals surface area contributed by atoms with Crippen molar-refractivity contribution in [3.8, 4) is 5.69 Å². The number of aromatic nitrogens is 4. The SMILES string of the molecule is CCN1C(=O)[C@@H](NC(=O)c2nccc(C(F)(F)F)n2)[C@H](c2cccc(NC(=O)C3=CCN(C4COC4)C3)c2)c2c(C)nn(-c3ccccc3)c21. The van der Waals surface area contributed by atoms with Crippen LogP contribution in [0, 0.1) is 6.92 Å². The number of para-hydroxylation sites is 1. The molecule has 2 aromatic heterocycles. The van der Waals surface area contributed by atoms with E-state index in [0.29, 0.717) is 72.0 Å². The molecule has 2 N–H and O–H groups in total. The zero-order valence-corrected chi connectivity index (χ0v) is 27.1. The maximum Gasteiger partial charge on any atom is 0.433 e. The maximum absolute atomic E-state index is 14.4. The Kier molecular flexibility index (Phi) is 8.70. The lowest BCUT2D eigenvalue weighted by molar-refractivity contribution is -0.141. The number of carbonyl (C=O) groups is 3. The Labute approximate surface area is 284 Å². The summed E-state index contributed by atoms with van der Waals surface area (Å²) in [5.41, 5.74) is 2.27. The van der Waals surface area contributed by atoms with Crippen molar-refractivity contribution in [2.75, 3.05) is 43.1 Å². The fourth-order valence-electron chi connectivity index (χ4n) is 6.60. The van der Waals surface area contributed by atoms with Crippen molar-refractivity contribution in [3.05, 3.63) is 107 Å². The number of nitrogens with zero attached hydrogens (tertiary/aromatic N) is 6. The van der Waals surface area contributed by atoms with Crippen LogP contribution < -0.4 is 15.5 Å². The first-order chi connectivity index (χ1) is 24.0. The van der Waals surface area contributed by atoms with Gasteiger partial charge < -0.3 is 15.4 Å². The van der Waals surface area contributed by atoms with Gasteiger partial charge >= 0.3 is 6.18 Å². The molecule has 15 heteroatoms. The van der Waals surface area contributed by atoms with Crippen molar-refractivity contribution < 1.29 is 32.3 Å². The number of likely N-dealkylation sites (N-methyl/N-ethyl adjacent to an activating group) is 1. The van der Waals surface area contributed by atoms with E-state index in [1.807, 2.05) is 36.4 Å². The summed E-state index contributed by atoms with van der Waals surface area (Å²) in [5.74, 6) is -2.91. The van der Waals surface area contributed by atoms with Crippen molar-refractivity contribution >= 4 is 29.2 Å². The van der Waals surface area contributed by atoms with E-state index in [1.54, 1.807) is 42.8 Å². The zero-order valence-electron chi connectivity index (χ0n) is 27.1. The quantitative estimate of drug-likeness (QED) is 0.286. The monoisotopic (exact) mass is 686 g/mol. The molecule has 3 amide bonds. The van der Waals surface area contributed by atoms with E-state index in [-0.39, 0.29) is 18.5 Å². The second-order valence-corrected chi connectivity index (χ2v) is 12.3. The summed E-state index contributed by atoms with van der Waals surface area (Å²) in [6.45, 7) is 6.21. The Hall–Kier alpha value is -5.41. The zero-order chi connectivity index (χ0) is 35.2. The van der Waals surface area contributed by atoms with Crippen LogP contribution in [0.1, 0.15) is 46.0 Å². The van der Waals surface area contributed by atoms with Gasteiger partial charge in [0.1, 0.15) is 17.6 Å². The minimum Gasteiger partial charge on any atom is -0.378 e. The number of ether oxygens (including phenoxy) is 1. The predicted octanol–water partition coefficient (Wildman–Crippen LogP) is 3.87. The number of halogens is 3. The number of nitrogens with one attached hydrogen (secondary N) is 2. The first-order valence-corrected chi connectivity index (χ1v) is 16.1.